The Hall–Kier alpha value is -3.02. The summed E-state index contributed by atoms with van der Waals surface area (Å²) in [4.78, 5) is 28.7. The largest absolute Gasteiger partial charge is 0.484 e. The van der Waals surface area contributed by atoms with Crippen LogP contribution >= 0.6 is 0 Å². The van der Waals surface area contributed by atoms with Gasteiger partial charge < -0.3 is 19.9 Å². The maximum atomic E-state index is 12.2. The second kappa shape index (κ2) is 10.3. The summed E-state index contributed by atoms with van der Waals surface area (Å²) in [6, 6.07) is 13.7. The highest BCUT2D eigenvalue weighted by Crippen LogP contribution is 2.21. The molecule has 2 amide bonds. The minimum atomic E-state index is -0.191. The molecular weight excluding hydrogens is 390 g/mol. The normalized spacial score (nSPS) is 14.0. The van der Waals surface area contributed by atoms with Crippen molar-refractivity contribution in [3.8, 4) is 5.75 Å². The average molecular weight is 424 g/mol. The Morgan fingerprint density at radius 2 is 1.58 bits per heavy atom. The molecular formula is C25H33N3O3. The van der Waals surface area contributed by atoms with E-state index in [2.05, 4.69) is 30.1 Å². The van der Waals surface area contributed by atoms with Gasteiger partial charge in [-0.2, -0.15) is 0 Å². The summed E-state index contributed by atoms with van der Waals surface area (Å²) in [6.45, 7) is 11.3. The number of piperazine rings is 1. The second-order valence-corrected chi connectivity index (χ2v) is 8.67. The number of rotatable bonds is 7. The van der Waals surface area contributed by atoms with Crippen LogP contribution in [0.15, 0.2) is 42.5 Å². The highest BCUT2D eigenvalue weighted by Gasteiger charge is 2.21. The Labute approximate surface area is 185 Å². The summed E-state index contributed by atoms with van der Waals surface area (Å²) < 4.78 is 5.62. The van der Waals surface area contributed by atoms with Crippen LogP contribution in [0.2, 0.25) is 0 Å². The van der Waals surface area contributed by atoms with Gasteiger partial charge in [-0.25, -0.2) is 0 Å². The number of nitrogens with one attached hydrogen (secondary N) is 1. The van der Waals surface area contributed by atoms with Crippen molar-refractivity contribution in [1.82, 2.24) is 4.90 Å². The highest BCUT2D eigenvalue weighted by molar-refractivity contribution is 5.92. The molecule has 1 heterocycles. The molecule has 1 aliphatic heterocycles. The first-order valence-corrected chi connectivity index (χ1v) is 10.9. The van der Waals surface area contributed by atoms with E-state index in [1.165, 1.54) is 0 Å². The summed E-state index contributed by atoms with van der Waals surface area (Å²) >= 11 is 0. The molecule has 1 fully saturated rings. The van der Waals surface area contributed by atoms with Crippen LogP contribution in [0, 0.1) is 19.8 Å². The topological polar surface area (TPSA) is 61.9 Å². The number of hydrogen-bond donors (Lipinski definition) is 1. The molecule has 31 heavy (non-hydrogen) atoms. The number of nitrogens with zero attached hydrogens (tertiary/aromatic N) is 2. The van der Waals surface area contributed by atoms with Crippen molar-refractivity contribution < 1.29 is 14.3 Å². The predicted molar refractivity (Wildman–Crippen MR) is 125 cm³/mol. The summed E-state index contributed by atoms with van der Waals surface area (Å²) in [5.41, 5.74) is 4.05. The van der Waals surface area contributed by atoms with Crippen molar-refractivity contribution >= 4 is 23.2 Å². The highest BCUT2D eigenvalue weighted by atomic mass is 16.5. The molecule has 0 aliphatic carbocycles. The molecule has 0 spiro atoms. The van der Waals surface area contributed by atoms with E-state index in [1.807, 2.05) is 55.1 Å². The van der Waals surface area contributed by atoms with Crippen molar-refractivity contribution in [3.05, 3.63) is 53.6 Å². The van der Waals surface area contributed by atoms with Gasteiger partial charge in [-0.05, 0) is 67.3 Å². The molecule has 166 valence electrons. The molecule has 3 rings (SSSR count). The van der Waals surface area contributed by atoms with Crippen LogP contribution in [0.3, 0.4) is 0 Å². The molecule has 0 unspecified atom stereocenters. The zero-order valence-electron chi connectivity index (χ0n) is 19.0. The number of carbonyl (C=O) groups excluding carboxylic acids is 2. The number of amides is 2. The van der Waals surface area contributed by atoms with Crippen LogP contribution < -0.4 is 15.0 Å². The quantitative estimate of drug-likeness (QED) is 0.731. The zero-order chi connectivity index (χ0) is 22.4. The number of benzene rings is 2. The van der Waals surface area contributed by atoms with Gasteiger partial charge in [-0.15, -0.1) is 0 Å². The lowest BCUT2D eigenvalue weighted by Gasteiger charge is -2.36. The minimum Gasteiger partial charge on any atom is -0.484 e. The van der Waals surface area contributed by atoms with E-state index in [1.54, 1.807) is 0 Å². The Morgan fingerprint density at radius 3 is 2.16 bits per heavy atom. The summed E-state index contributed by atoms with van der Waals surface area (Å²) in [5.74, 6) is 1.15. The van der Waals surface area contributed by atoms with Crippen LogP contribution in [0.5, 0.6) is 5.75 Å². The van der Waals surface area contributed by atoms with Crippen LogP contribution in [-0.4, -0.2) is 49.5 Å². The molecule has 2 aromatic carbocycles. The van der Waals surface area contributed by atoms with Crippen LogP contribution in [0.25, 0.3) is 0 Å². The van der Waals surface area contributed by atoms with Gasteiger partial charge in [0, 0.05) is 44.0 Å². The van der Waals surface area contributed by atoms with Crippen molar-refractivity contribution in [1.29, 1.82) is 0 Å². The lowest BCUT2D eigenvalue weighted by Crippen LogP contribution is -2.49. The summed E-state index contributed by atoms with van der Waals surface area (Å²) in [7, 11) is 0. The molecule has 1 N–H and O–H groups in total. The van der Waals surface area contributed by atoms with Crippen LogP contribution in [-0.2, 0) is 9.59 Å². The molecule has 0 radical (unpaired) electrons. The van der Waals surface area contributed by atoms with Gasteiger partial charge in [0.2, 0.25) is 5.91 Å². The van der Waals surface area contributed by atoms with Gasteiger partial charge in [0.05, 0.1) is 0 Å². The third-order valence-electron chi connectivity index (χ3n) is 5.30. The van der Waals surface area contributed by atoms with Gasteiger partial charge >= 0.3 is 0 Å². The van der Waals surface area contributed by atoms with Gasteiger partial charge in [-0.3, -0.25) is 9.59 Å². The Balaban J connectivity index is 1.47. The SMILES string of the molecule is Cc1cc(C)cc(OCC(=O)Nc2ccc(N3CCN(C(=O)CC(C)C)CC3)cc2)c1. The zero-order valence-corrected chi connectivity index (χ0v) is 19.0. The van der Waals surface area contributed by atoms with E-state index < -0.39 is 0 Å². The van der Waals surface area contributed by atoms with Crippen molar-refractivity contribution in [3.63, 3.8) is 0 Å². The van der Waals surface area contributed by atoms with E-state index in [4.69, 9.17) is 4.74 Å². The molecule has 1 saturated heterocycles. The molecule has 0 atom stereocenters. The monoisotopic (exact) mass is 423 g/mol. The lowest BCUT2D eigenvalue weighted by molar-refractivity contribution is -0.132. The van der Waals surface area contributed by atoms with Gasteiger partial charge in [0.1, 0.15) is 5.75 Å². The van der Waals surface area contributed by atoms with Crippen molar-refractivity contribution in [2.24, 2.45) is 5.92 Å². The maximum absolute atomic E-state index is 12.2. The Morgan fingerprint density at radius 1 is 0.968 bits per heavy atom. The summed E-state index contributed by atoms with van der Waals surface area (Å²) in [5, 5.41) is 2.88. The first-order chi connectivity index (χ1) is 14.8. The number of carbonyl (C=O) groups is 2. The summed E-state index contributed by atoms with van der Waals surface area (Å²) in [6.07, 6.45) is 0.613. The molecule has 1 aliphatic rings. The molecule has 0 bridgehead atoms. The lowest BCUT2D eigenvalue weighted by atomic mass is 10.1. The predicted octanol–water partition coefficient (Wildman–Crippen LogP) is 4.02. The average Bonchev–Trinajstić information content (AvgIpc) is 2.72. The molecule has 0 saturated carbocycles. The van der Waals surface area contributed by atoms with Crippen molar-refractivity contribution in [2.45, 2.75) is 34.1 Å². The Bertz CT molecular complexity index is 880. The van der Waals surface area contributed by atoms with Crippen molar-refractivity contribution in [2.75, 3.05) is 43.0 Å². The van der Waals surface area contributed by atoms with E-state index >= 15 is 0 Å². The number of hydrogen-bond acceptors (Lipinski definition) is 4. The van der Waals surface area contributed by atoms with E-state index in [9.17, 15) is 9.59 Å². The van der Waals surface area contributed by atoms with Gasteiger partial charge in [0.25, 0.3) is 5.91 Å². The van der Waals surface area contributed by atoms with Gasteiger partial charge in [0.15, 0.2) is 6.61 Å². The van der Waals surface area contributed by atoms with Gasteiger partial charge in [-0.1, -0.05) is 19.9 Å². The molecule has 0 aromatic heterocycles. The maximum Gasteiger partial charge on any atom is 0.262 e. The smallest absolute Gasteiger partial charge is 0.262 e. The fourth-order valence-corrected chi connectivity index (χ4v) is 3.81. The minimum absolute atomic E-state index is 0.0307. The van der Waals surface area contributed by atoms with E-state index in [-0.39, 0.29) is 18.4 Å². The third-order valence-corrected chi connectivity index (χ3v) is 5.30. The number of aryl methyl sites for hydroxylation is 2. The molecule has 2 aromatic rings. The fourth-order valence-electron chi connectivity index (χ4n) is 3.81. The van der Waals surface area contributed by atoms with Crippen LogP contribution in [0.1, 0.15) is 31.4 Å². The van der Waals surface area contributed by atoms with E-state index in [0.717, 1.165) is 48.7 Å². The second-order valence-electron chi connectivity index (χ2n) is 8.67. The molecule has 6 nitrogen and oxygen atoms in total. The third kappa shape index (κ3) is 6.74. The first-order valence-electron chi connectivity index (χ1n) is 10.9. The fraction of sp³-hybridized carbons (Fsp3) is 0.440. The number of ether oxygens (including phenoxy) is 1. The standard InChI is InChI=1S/C25H33N3O3/c1-18(2)13-25(30)28-11-9-27(10-12-28)22-7-5-21(6-8-22)26-24(29)17-31-23-15-19(3)14-20(4)16-23/h5-8,14-16,18H,9-13,17H2,1-4H3,(H,26,29). The Kier molecular flexibility index (Phi) is 7.55. The van der Waals surface area contributed by atoms with E-state index in [0.29, 0.717) is 18.1 Å². The van der Waals surface area contributed by atoms with Crippen LogP contribution in [0.4, 0.5) is 11.4 Å². The molecule has 6 heteroatoms. The first kappa shape index (κ1) is 22.7. The number of anilines is 2.